The first-order valence-corrected chi connectivity index (χ1v) is 3.71. The van der Waals surface area contributed by atoms with Gasteiger partial charge in [-0.3, -0.25) is 5.32 Å². The molecule has 0 aliphatic rings. The summed E-state index contributed by atoms with van der Waals surface area (Å²) in [6, 6.07) is 8.90. The lowest BCUT2D eigenvalue weighted by atomic mass is 10.2. The van der Waals surface area contributed by atoms with Gasteiger partial charge in [-0.05, 0) is 19.2 Å². The van der Waals surface area contributed by atoms with Crippen molar-refractivity contribution < 1.29 is 9.53 Å². The van der Waals surface area contributed by atoms with Crippen LogP contribution in [0.2, 0.25) is 0 Å². The fourth-order valence-electron chi connectivity index (χ4n) is 0.795. The van der Waals surface area contributed by atoms with Gasteiger partial charge in [-0.15, -0.1) is 12.4 Å². The summed E-state index contributed by atoms with van der Waals surface area (Å²) in [6.45, 7) is 0.244. The molecule has 0 heterocycles. The maximum absolute atomic E-state index is 11.1. The van der Waals surface area contributed by atoms with Gasteiger partial charge in [0.2, 0.25) is 0 Å². The van der Waals surface area contributed by atoms with Crippen molar-refractivity contribution in [2.24, 2.45) is 0 Å². The molecule has 72 valence electrons. The van der Waals surface area contributed by atoms with Crippen LogP contribution in [-0.4, -0.2) is 19.7 Å². The second kappa shape index (κ2) is 6.46. The number of halogens is 1. The Bertz CT molecular complexity index is 251. The third kappa shape index (κ3) is 3.92. The summed E-state index contributed by atoms with van der Waals surface area (Å²) >= 11 is 0. The molecular weight excluding hydrogens is 190 g/mol. The second-order valence-corrected chi connectivity index (χ2v) is 2.30. The number of carbonyl (C=O) groups excluding carboxylic acids is 1. The molecule has 1 N–H and O–H groups in total. The van der Waals surface area contributed by atoms with Crippen LogP contribution < -0.4 is 5.32 Å². The van der Waals surface area contributed by atoms with Crippen LogP contribution in [0.5, 0.6) is 0 Å². The number of benzene rings is 1. The van der Waals surface area contributed by atoms with Crippen molar-refractivity contribution in [3.63, 3.8) is 0 Å². The molecule has 1 aromatic carbocycles. The molecule has 0 bridgehead atoms. The lowest BCUT2D eigenvalue weighted by Crippen LogP contribution is -2.16. The van der Waals surface area contributed by atoms with Crippen molar-refractivity contribution in [2.75, 3.05) is 13.8 Å². The summed E-state index contributed by atoms with van der Waals surface area (Å²) in [4.78, 5) is 11.1. The molecular formula is C9H12ClNO2. The minimum atomic E-state index is -0.301. The normalized spacial score (nSPS) is 8.69. The van der Waals surface area contributed by atoms with E-state index in [0.717, 1.165) is 0 Å². The van der Waals surface area contributed by atoms with Gasteiger partial charge in [-0.25, -0.2) is 4.79 Å². The van der Waals surface area contributed by atoms with Gasteiger partial charge in [0, 0.05) is 0 Å². The Morgan fingerprint density at radius 1 is 1.38 bits per heavy atom. The van der Waals surface area contributed by atoms with Gasteiger partial charge in [0.25, 0.3) is 0 Å². The summed E-state index contributed by atoms with van der Waals surface area (Å²) in [7, 11) is 1.72. The predicted molar refractivity (Wildman–Crippen MR) is 53.0 cm³/mol. The lowest BCUT2D eigenvalue weighted by molar-refractivity contribution is 0.0481. The number of carbonyl (C=O) groups is 1. The molecule has 0 amide bonds. The standard InChI is InChI=1S/C9H11NO2.ClH/c1-10-7-12-9(11)8-5-3-2-4-6-8;/h2-6,10H,7H2,1H3;1H. The molecule has 0 aromatic heterocycles. The fourth-order valence-corrected chi connectivity index (χ4v) is 0.795. The highest BCUT2D eigenvalue weighted by atomic mass is 35.5. The second-order valence-electron chi connectivity index (χ2n) is 2.30. The number of esters is 1. The Morgan fingerprint density at radius 3 is 2.54 bits per heavy atom. The maximum Gasteiger partial charge on any atom is 0.339 e. The first-order valence-electron chi connectivity index (χ1n) is 3.71. The SMILES string of the molecule is CNCOC(=O)c1ccccc1.Cl. The van der Waals surface area contributed by atoms with E-state index in [2.05, 4.69) is 5.32 Å². The lowest BCUT2D eigenvalue weighted by Gasteiger charge is -2.02. The highest BCUT2D eigenvalue weighted by Crippen LogP contribution is 1.99. The summed E-state index contributed by atoms with van der Waals surface area (Å²) in [6.07, 6.45) is 0. The third-order valence-corrected chi connectivity index (χ3v) is 1.36. The molecule has 13 heavy (non-hydrogen) atoms. The van der Waals surface area contributed by atoms with Gasteiger partial charge in [0.05, 0.1) is 5.56 Å². The van der Waals surface area contributed by atoms with E-state index in [1.54, 1.807) is 31.3 Å². The zero-order chi connectivity index (χ0) is 8.81. The topological polar surface area (TPSA) is 38.3 Å². The first-order chi connectivity index (χ1) is 5.84. The Kier molecular flexibility index (Phi) is 5.93. The highest BCUT2D eigenvalue weighted by molar-refractivity contribution is 5.89. The summed E-state index contributed by atoms with van der Waals surface area (Å²) in [5.41, 5.74) is 0.577. The predicted octanol–water partition coefficient (Wildman–Crippen LogP) is 1.44. The van der Waals surface area contributed by atoms with E-state index in [0.29, 0.717) is 5.56 Å². The molecule has 4 heteroatoms. The number of hydrogen-bond acceptors (Lipinski definition) is 3. The summed E-state index contributed by atoms with van der Waals surface area (Å²) in [5.74, 6) is -0.301. The van der Waals surface area contributed by atoms with Crippen LogP contribution in [0.1, 0.15) is 10.4 Å². The van der Waals surface area contributed by atoms with Crippen molar-refractivity contribution in [3.8, 4) is 0 Å². The van der Waals surface area contributed by atoms with Crippen LogP contribution >= 0.6 is 12.4 Å². The molecule has 1 aromatic rings. The van der Waals surface area contributed by atoms with Gasteiger partial charge in [-0.1, -0.05) is 18.2 Å². The number of ether oxygens (including phenoxy) is 1. The molecule has 0 saturated heterocycles. The van der Waals surface area contributed by atoms with Crippen molar-refractivity contribution in [2.45, 2.75) is 0 Å². The molecule has 0 aliphatic carbocycles. The maximum atomic E-state index is 11.1. The van der Waals surface area contributed by atoms with Gasteiger partial charge in [0.15, 0.2) is 0 Å². The van der Waals surface area contributed by atoms with Crippen LogP contribution in [0, 0.1) is 0 Å². The van der Waals surface area contributed by atoms with Gasteiger partial charge >= 0.3 is 5.97 Å². The van der Waals surface area contributed by atoms with E-state index in [-0.39, 0.29) is 25.1 Å². The van der Waals surface area contributed by atoms with Crippen molar-refractivity contribution >= 4 is 18.4 Å². The van der Waals surface area contributed by atoms with E-state index in [1.165, 1.54) is 0 Å². The molecule has 1 rings (SSSR count). The van der Waals surface area contributed by atoms with Crippen LogP contribution in [0.4, 0.5) is 0 Å². The van der Waals surface area contributed by atoms with Gasteiger partial charge in [0.1, 0.15) is 6.73 Å². The van der Waals surface area contributed by atoms with E-state index in [1.807, 2.05) is 6.07 Å². The zero-order valence-electron chi connectivity index (χ0n) is 7.32. The average Bonchev–Trinajstić information content (AvgIpc) is 2.15. The van der Waals surface area contributed by atoms with E-state index in [9.17, 15) is 4.79 Å². The molecule has 3 nitrogen and oxygen atoms in total. The molecule has 0 atom stereocenters. The van der Waals surface area contributed by atoms with Crippen LogP contribution in [-0.2, 0) is 4.74 Å². The van der Waals surface area contributed by atoms with Crippen LogP contribution in [0.25, 0.3) is 0 Å². The summed E-state index contributed by atoms with van der Waals surface area (Å²) < 4.78 is 4.83. The minimum Gasteiger partial charge on any atom is -0.446 e. The van der Waals surface area contributed by atoms with Crippen LogP contribution in [0.3, 0.4) is 0 Å². The number of nitrogens with one attached hydrogen (secondary N) is 1. The van der Waals surface area contributed by atoms with E-state index < -0.39 is 0 Å². The fraction of sp³-hybridized carbons (Fsp3) is 0.222. The highest BCUT2D eigenvalue weighted by Gasteiger charge is 2.03. The zero-order valence-corrected chi connectivity index (χ0v) is 8.14. The molecule has 0 radical (unpaired) electrons. The summed E-state index contributed by atoms with van der Waals surface area (Å²) in [5, 5.41) is 2.73. The first kappa shape index (κ1) is 11.9. The molecule has 0 saturated carbocycles. The smallest absolute Gasteiger partial charge is 0.339 e. The average molecular weight is 202 g/mol. The Balaban J connectivity index is 0.00000144. The quantitative estimate of drug-likeness (QED) is 0.594. The third-order valence-electron chi connectivity index (χ3n) is 1.36. The Morgan fingerprint density at radius 2 is 2.00 bits per heavy atom. The van der Waals surface area contributed by atoms with Gasteiger partial charge < -0.3 is 4.74 Å². The molecule has 0 spiro atoms. The Labute approximate surface area is 83.5 Å². The monoisotopic (exact) mass is 201 g/mol. The molecule has 0 aliphatic heterocycles. The Hall–Kier alpha value is -1.06. The molecule has 0 unspecified atom stereocenters. The van der Waals surface area contributed by atoms with Crippen molar-refractivity contribution in [1.29, 1.82) is 0 Å². The minimum absolute atomic E-state index is 0. The molecule has 0 fully saturated rings. The van der Waals surface area contributed by atoms with E-state index in [4.69, 9.17) is 4.74 Å². The van der Waals surface area contributed by atoms with Crippen molar-refractivity contribution in [1.82, 2.24) is 5.32 Å². The van der Waals surface area contributed by atoms with Gasteiger partial charge in [-0.2, -0.15) is 0 Å². The van der Waals surface area contributed by atoms with Crippen molar-refractivity contribution in [3.05, 3.63) is 35.9 Å². The largest absolute Gasteiger partial charge is 0.446 e. The number of rotatable bonds is 3. The number of hydrogen-bond donors (Lipinski definition) is 1. The van der Waals surface area contributed by atoms with E-state index >= 15 is 0 Å². The van der Waals surface area contributed by atoms with Crippen LogP contribution in [0.15, 0.2) is 30.3 Å².